The average molecular weight is 238 g/mol. The fourth-order valence-electron chi connectivity index (χ4n) is 1.93. The summed E-state index contributed by atoms with van der Waals surface area (Å²) in [5.74, 6) is 5.91. The number of hydrogen-bond acceptors (Lipinski definition) is 2. The molecule has 0 saturated carbocycles. The van der Waals surface area contributed by atoms with Crippen LogP contribution in [0.15, 0.2) is 0 Å². The molecule has 0 saturated heterocycles. The normalized spacial score (nSPS) is 11.9. The van der Waals surface area contributed by atoms with E-state index in [0.717, 1.165) is 13.1 Å². The van der Waals surface area contributed by atoms with Crippen LogP contribution in [0.2, 0.25) is 0 Å². The molecule has 0 spiro atoms. The maximum atomic E-state index is 5.72. The van der Waals surface area contributed by atoms with Gasteiger partial charge in [-0.3, -0.25) is 0 Å². The van der Waals surface area contributed by atoms with Gasteiger partial charge in [0.2, 0.25) is 0 Å². The Morgan fingerprint density at radius 3 is 2.29 bits per heavy atom. The van der Waals surface area contributed by atoms with E-state index in [1.807, 2.05) is 6.92 Å². The maximum absolute atomic E-state index is 5.72. The molecule has 1 atom stereocenters. The van der Waals surface area contributed by atoms with Crippen LogP contribution in [-0.2, 0) is 0 Å². The van der Waals surface area contributed by atoms with Gasteiger partial charge in [0.25, 0.3) is 0 Å². The highest BCUT2D eigenvalue weighted by Gasteiger charge is 2.03. The zero-order valence-corrected chi connectivity index (χ0v) is 11.7. The predicted molar refractivity (Wildman–Crippen MR) is 76.9 cm³/mol. The summed E-state index contributed by atoms with van der Waals surface area (Å²) in [6.07, 6.45) is 10.7. The van der Waals surface area contributed by atoms with Gasteiger partial charge in [-0.05, 0) is 13.3 Å². The van der Waals surface area contributed by atoms with Crippen molar-refractivity contribution in [2.45, 2.75) is 71.3 Å². The van der Waals surface area contributed by atoms with Crippen molar-refractivity contribution in [3.8, 4) is 11.8 Å². The zero-order chi connectivity index (χ0) is 12.8. The second kappa shape index (κ2) is 13.5. The number of nitrogens with two attached hydrogens (primary N) is 1. The number of unbranched alkanes of at least 4 members (excludes halogenated alkanes) is 6. The Bertz CT molecular complexity index is 203. The molecule has 1 unspecified atom stereocenters. The lowest BCUT2D eigenvalue weighted by Crippen LogP contribution is -2.36. The molecule has 0 aliphatic heterocycles. The van der Waals surface area contributed by atoms with Crippen molar-refractivity contribution in [1.29, 1.82) is 0 Å². The minimum Gasteiger partial charge on any atom is -0.329 e. The molecule has 17 heavy (non-hydrogen) atoms. The predicted octanol–water partition coefficient (Wildman–Crippen LogP) is 3.07. The van der Waals surface area contributed by atoms with Gasteiger partial charge in [0.15, 0.2) is 0 Å². The standard InChI is InChI=1S/C15H30N2/c1-3-5-7-8-9-10-11-12-15(14-16)17-13-6-4-2/h15,17H,3,5,7-14,16H2,1-2H3. The van der Waals surface area contributed by atoms with Crippen LogP contribution in [0.1, 0.15) is 65.2 Å². The topological polar surface area (TPSA) is 38.0 Å². The summed E-state index contributed by atoms with van der Waals surface area (Å²) in [5, 5.41) is 3.38. The molecule has 0 rings (SSSR count). The van der Waals surface area contributed by atoms with E-state index in [4.69, 9.17) is 5.73 Å². The summed E-state index contributed by atoms with van der Waals surface area (Å²) in [5.41, 5.74) is 5.72. The monoisotopic (exact) mass is 238 g/mol. The lowest BCUT2D eigenvalue weighted by atomic mass is 10.1. The Balaban J connectivity index is 3.32. The fraction of sp³-hybridized carbons (Fsp3) is 0.867. The number of rotatable bonds is 11. The minimum absolute atomic E-state index is 0.450. The molecule has 0 fully saturated rings. The van der Waals surface area contributed by atoms with Gasteiger partial charge >= 0.3 is 0 Å². The van der Waals surface area contributed by atoms with Crippen LogP contribution in [0.4, 0.5) is 0 Å². The van der Waals surface area contributed by atoms with Gasteiger partial charge in [0, 0.05) is 12.6 Å². The second-order valence-corrected chi connectivity index (χ2v) is 4.65. The van der Waals surface area contributed by atoms with Crippen molar-refractivity contribution in [2.75, 3.05) is 13.1 Å². The Morgan fingerprint density at radius 2 is 1.71 bits per heavy atom. The first-order valence-electron chi connectivity index (χ1n) is 7.18. The first-order valence-corrected chi connectivity index (χ1v) is 7.18. The van der Waals surface area contributed by atoms with Crippen LogP contribution in [0.5, 0.6) is 0 Å². The van der Waals surface area contributed by atoms with E-state index in [9.17, 15) is 0 Å². The highest BCUT2D eigenvalue weighted by molar-refractivity contribution is 4.97. The molecule has 3 N–H and O–H groups in total. The maximum Gasteiger partial charge on any atom is 0.0578 e. The van der Waals surface area contributed by atoms with Crippen LogP contribution >= 0.6 is 0 Å². The molecular weight excluding hydrogens is 208 g/mol. The van der Waals surface area contributed by atoms with Gasteiger partial charge in [-0.2, -0.15) is 0 Å². The van der Waals surface area contributed by atoms with E-state index < -0.39 is 0 Å². The van der Waals surface area contributed by atoms with E-state index in [0.29, 0.717) is 6.04 Å². The molecule has 0 bridgehead atoms. The van der Waals surface area contributed by atoms with E-state index >= 15 is 0 Å². The Labute approximate surface area is 108 Å². The molecular formula is C15H30N2. The summed E-state index contributed by atoms with van der Waals surface area (Å²) < 4.78 is 0. The van der Waals surface area contributed by atoms with Crippen molar-refractivity contribution in [3.05, 3.63) is 0 Å². The summed E-state index contributed by atoms with van der Waals surface area (Å²) in [6.45, 7) is 5.63. The van der Waals surface area contributed by atoms with Crippen LogP contribution in [0.3, 0.4) is 0 Å². The molecule has 0 aromatic rings. The molecule has 2 heteroatoms. The fourth-order valence-corrected chi connectivity index (χ4v) is 1.93. The van der Waals surface area contributed by atoms with Crippen LogP contribution in [-0.4, -0.2) is 19.1 Å². The third kappa shape index (κ3) is 11.7. The molecule has 0 aromatic carbocycles. The van der Waals surface area contributed by atoms with Crippen molar-refractivity contribution in [3.63, 3.8) is 0 Å². The minimum atomic E-state index is 0.450. The molecule has 100 valence electrons. The molecule has 0 aliphatic carbocycles. The SMILES string of the molecule is CC#CCNC(CN)CCCCCCCCC. The van der Waals surface area contributed by atoms with E-state index in [2.05, 4.69) is 24.1 Å². The van der Waals surface area contributed by atoms with Crippen LogP contribution in [0, 0.1) is 11.8 Å². The Kier molecular flexibility index (Phi) is 13.1. The molecule has 0 amide bonds. The van der Waals surface area contributed by atoms with Crippen LogP contribution in [0.25, 0.3) is 0 Å². The summed E-state index contributed by atoms with van der Waals surface area (Å²) in [7, 11) is 0. The third-order valence-electron chi connectivity index (χ3n) is 3.10. The van der Waals surface area contributed by atoms with E-state index in [-0.39, 0.29) is 0 Å². The lowest BCUT2D eigenvalue weighted by molar-refractivity contribution is 0.476. The van der Waals surface area contributed by atoms with E-state index in [1.165, 1.54) is 51.4 Å². The highest BCUT2D eigenvalue weighted by Crippen LogP contribution is 2.09. The van der Waals surface area contributed by atoms with Crippen LogP contribution < -0.4 is 11.1 Å². The summed E-state index contributed by atoms with van der Waals surface area (Å²) in [6, 6.07) is 0.450. The quantitative estimate of drug-likeness (QED) is 0.429. The average Bonchev–Trinajstić information content (AvgIpc) is 2.35. The van der Waals surface area contributed by atoms with Gasteiger partial charge in [-0.25, -0.2) is 0 Å². The van der Waals surface area contributed by atoms with Gasteiger partial charge in [-0.15, -0.1) is 5.92 Å². The molecule has 2 nitrogen and oxygen atoms in total. The zero-order valence-electron chi connectivity index (χ0n) is 11.7. The molecule has 0 radical (unpaired) electrons. The first-order chi connectivity index (χ1) is 8.35. The van der Waals surface area contributed by atoms with Crippen molar-refractivity contribution >= 4 is 0 Å². The smallest absolute Gasteiger partial charge is 0.0578 e. The lowest BCUT2D eigenvalue weighted by Gasteiger charge is -2.14. The van der Waals surface area contributed by atoms with Crippen molar-refractivity contribution in [1.82, 2.24) is 5.32 Å². The Hall–Kier alpha value is -0.520. The molecule has 0 heterocycles. The molecule has 0 aromatic heterocycles. The largest absolute Gasteiger partial charge is 0.329 e. The van der Waals surface area contributed by atoms with E-state index in [1.54, 1.807) is 0 Å². The third-order valence-corrected chi connectivity index (χ3v) is 3.10. The van der Waals surface area contributed by atoms with Gasteiger partial charge < -0.3 is 11.1 Å². The number of hydrogen-bond donors (Lipinski definition) is 2. The Morgan fingerprint density at radius 1 is 1.06 bits per heavy atom. The first kappa shape index (κ1) is 16.5. The second-order valence-electron chi connectivity index (χ2n) is 4.65. The summed E-state index contributed by atoms with van der Waals surface area (Å²) in [4.78, 5) is 0. The van der Waals surface area contributed by atoms with Gasteiger partial charge in [0.1, 0.15) is 0 Å². The van der Waals surface area contributed by atoms with Gasteiger partial charge in [-0.1, -0.05) is 57.8 Å². The highest BCUT2D eigenvalue weighted by atomic mass is 14.9. The number of nitrogens with one attached hydrogen (secondary N) is 1. The summed E-state index contributed by atoms with van der Waals surface area (Å²) >= 11 is 0. The van der Waals surface area contributed by atoms with Gasteiger partial charge in [0.05, 0.1) is 6.54 Å². The van der Waals surface area contributed by atoms with Crippen molar-refractivity contribution in [2.24, 2.45) is 5.73 Å². The molecule has 0 aliphatic rings. The van der Waals surface area contributed by atoms with Crippen molar-refractivity contribution < 1.29 is 0 Å².